The average Bonchev–Trinajstić information content (AvgIpc) is 3.21. The predicted molar refractivity (Wildman–Crippen MR) is 75.5 cm³/mol. The van der Waals surface area contributed by atoms with Crippen LogP contribution in [0.5, 0.6) is 5.75 Å². The van der Waals surface area contributed by atoms with Gasteiger partial charge in [-0.25, -0.2) is 0 Å². The van der Waals surface area contributed by atoms with E-state index in [4.69, 9.17) is 16.3 Å². The smallest absolute Gasteiger partial charge is 0.127 e. The Morgan fingerprint density at radius 2 is 1.89 bits per heavy atom. The summed E-state index contributed by atoms with van der Waals surface area (Å²) in [6.07, 6.45) is 2.62. The van der Waals surface area contributed by atoms with Gasteiger partial charge < -0.3 is 10.1 Å². The Bertz CT molecular complexity index is 551. The van der Waals surface area contributed by atoms with Crippen molar-refractivity contribution in [1.29, 1.82) is 0 Å². The monoisotopic (exact) mass is 261 g/mol. The molecule has 0 saturated heterocycles. The van der Waals surface area contributed by atoms with Gasteiger partial charge in [-0.2, -0.15) is 0 Å². The Labute approximate surface area is 112 Å². The van der Waals surface area contributed by atoms with Crippen LogP contribution in [0, 0.1) is 0 Å². The first-order valence-corrected chi connectivity index (χ1v) is 6.76. The van der Waals surface area contributed by atoms with Crippen LogP contribution in [0.4, 0.5) is 0 Å². The van der Waals surface area contributed by atoms with Crippen molar-refractivity contribution in [3.05, 3.63) is 41.4 Å². The van der Waals surface area contributed by atoms with Crippen LogP contribution in [-0.2, 0) is 0 Å². The molecule has 0 atom stereocenters. The fourth-order valence-corrected chi connectivity index (χ4v) is 2.30. The summed E-state index contributed by atoms with van der Waals surface area (Å²) >= 11 is 6.17. The number of hydrogen-bond donors (Lipinski definition) is 1. The van der Waals surface area contributed by atoms with Crippen molar-refractivity contribution in [1.82, 2.24) is 5.32 Å². The number of hydrogen-bond acceptors (Lipinski definition) is 2. The van der Waals surface area contributed by atoms with E-state index in [0.29, 0.717) is 6.61 Å². The topological polar surface area (TPSA) is 21.3 Å². The maximum atomic E-state index is 6.17. The van der Waals surface area contributed by atoms with Crippen LogP contribution in [0.2, 0.25) is 5.02 Å². The molecule has 0 spiro atoms. The van der Waals surface area contributed by atoms with Crippen molar-refractivity contribution in [3.8, 4) is 5.75 Å². The number of nitrogens with one attached hydrogen (secondary N) is 1. The minimum absolute atomic E-state index is 0.697. The summed E-state index contributed by atoms with van der Waals surface area (Å²) in [7, 11) is 0. The third-order valence-corrected chi connectivity index (χ3v) is 3.53. The normalized spacial score (nSPS) is 14.9. The van der Waals surface area contributed by atoms with Crippen LogP contribution >= 0.6 is 11.6 Å². The molecule has 1 saturated carbocycles. The Kier molecular flexibility index (Phi) is 3.39. The van der Waals surface area contributed by atoms with Crippen LogP contribution in [0.15, 0.2) is 36.4 Å². The highest BCUT2D eigenvalue weighted by Crippen LogP contribution is 2.31. The molecule has 2 nitrogen and oxygen atoms in total. The van der Waals surface area contributed by atoms with E-state index in [-0.39, 0.29) is 0 Å². The molecule has 0 heterocycles. The lowest BCUT2D eigenvalue weighted by Gasteiger charge is -2.10. The molecule has 1 aliphatic rings. The Morgan fingerprint density at radius 3 is 2.67 bits per heavy atom. The van der Waals surface area contributed by atoms with Crippen LogP contribution in [0.3, 0.4) is 0 Å². The van der Waals surface area contributed by atoms with E-state index < -0.39 is 0 Å². The minimum Gasteiger partial charge on any atom is -0.492 e. The molecule has 3 rings (SSSR count). The second-order valence-corrected chi connectivity index (χ2v) is 5.08. The molecule has 0 unspecified atom stereocenters. The van der Waals surface area contributed by atoms with Crippen molar-refractivity contribution in [2.24, 2.45) is 0 Å². The lowest BCUT2D eigenvalue weighted by molar-refractivity contribution is 0.317. The average molecular weight is 262 g/mol. The van der Waals surface area contributed by atoms with Gasteiger partial charge in [0.2, 0.25) is 0 Å². The first-order valence-electron chi connectivity index (χ1n) is 6.38. The van der Waals surface area contributed by atoms with Crippen LogP contribution < -0.4 is 10.1 Å². The number of benzene rings is 2. The number of rotatable bonds is 5. The molecule has 18 heavy (non-hydrogen) atoms. The lowest BCUT2D eigenvalue weighted by atomic mass is 10.1. The summed E-state index contributed by atoms with van der Waals surface area (Å²) in [5.41, 5.74) is 0. The van der Waals surface area contributed by atoms with E-state index in [0.717, 1.165) is 34.1 Å². The molecule has 1 N–H and O–H groups in total. The third kappa shape index (κ3) is 2.60. The summed E-state index contributed by atoms with van der Waals surface area (Å²) in [6, 6.07) is 12.6. The quantitative estimate of drug-likeness (QED) is 0.830. The van der Waals surface area contributed by atoms with Gasteiger partial charge in [0.1, 0.15) is 12.4 Å². The third-order valence-electron chi connectivity index (χ3n) is 3.20. The van der Waals surface area contributed by atoms with Crippen molar-refractivity contribution in [2.75, 3.05) is 13.2 Å². The van der Waals surface area contributed by atoms with Crippen molar-refractivity contribution in [3.63, 3.8) is 0 Å². The SMILES string of the molecule is Clc1ccc(OCCNC2CC2)c2ccccc12. The van der Waals surface area contributed by atoms with E-state index >= 15 is 0 Å². The van der Waals surface area contributed by atoms with E-state index in [9.17, 15) is 0 Å². The molecule has 0 amide bonds. The molecule has 2 aromatic carbocycles. The highest BCUT2D eigenvalue weighted by atomic mass is 35.5. The van der Waals surface area contributed by atoms with E-state index in [2.05, 4.69) is 5.32 Å². The van der Waals surface area contributed by atoms with Gasteiger partial charge in [0.05, 0.1) is 0 Å². The van der Waals surface area contributed by atoms with E-state index in [1.807, 2.05) is 36.4 Å². The van der Waals surface area contributed by atoms with Gasteiger partial charge in [0.15, 0.2) is 0 Å². The van der Waals surface area contributed by atoms with Gasteiger partial charge in [-0.3, -0.25) is 0 Å². The fraction of sp³-hybridized carbons (Fsp3) is 0.333. The highest BCUT2D eigenvalue weighted by molar-refractivity contribution is 6.35. The predicted octanol–water partition coefficient (Wildman–Crippen LogP) is 3.62. The molecule has 0 radical (unpaired) electrons. The molecule has 0 aliphatic heterocycles. The van der Waals surface area contributed by atoms with Crippen LogP contribution in [-0.4, -0.2) is 19.2 Å². The van der Waals surface area contributed by atoms with Crippen LogP contribution in [0.25, 0.3) is 10.8 Å². The van der Waals surface area contributed by atoms with Crippen molar-refractivity contribution in [2.45, 2.75) is 18.9 Å². The summed E-state index contributed by atoms with van der Waals surface area (Å²) in [4.78, 5) is 0. The molecule has 0 bridgehead atoms. The summed E-state index contributed by atoms with van der Waals surface area (Å²) in [5.74, 6) is 0.910. The van der Waals surface area contributed by atoms with Gasteiger partial charge in [0, 0.05) is 28.4 Å². The molecule has 0 aromatic heterocycles. The Morgan fingerprint density at radius 1 is 1.11 bits per heavy atom. The highest BCUT2D eigenvalue weighted by Gasteiger charge is 2.19. The number of ether oxygens (including phenoxy) is 1. The number of halogens is 1. The van der Waals surface area contributed by atoms with Crippen molar-refractivity contribution < 1.29 is 4.74 Å². The maximum absolute atomic E-state index is 6.17. The molecule has 1 fully saturated rings. The Hall–Kier alpha value is -1.25. The lowest BCUT2D eigenvalue weighted by Crippen LogP contribution is -2.22. The molecule has 2 aromatic rings. The van der Waals surface area contributed by atoms with Gasteiger partial charge in [-0.05, 0) is 25.0 Å². The molecular weight excluding hydrogens is 246 g/mol. The summed E-state index contributed by atoms with van der Waals surface area (Å²) in [5, 5.41) is 6.34. The standard InChI is InChI=1S/C15H16ClNO/c16-14-7-8-15(13-4-2-1-3-12(13)14)18-10-9-17-11-5-6-11/h1-4,7-8,11,17H,5-6,9-10H2. The molecule has 1 aliphatic carbocycles. The second-order valence-electron chi connectivity index (χ2n) is 4.67. The van der Waals surface area contributed by atoms with Crippen molar-refractivity contribution >= 4 is 22.4 Å². The molecular formula is C15H16ClNO. The fourth-order valence-electron chi connectivity index (χ4n) is 2.07. The van der Waals surface area contributed by atoms with E-state index in [1.165, 1.54) is 12.8 Å². The van der Waals surface area contributed by atoms with Gasteiger partial charge in [-0.15, -0.1) is 0 Å². The summed E-state index contributed by atoms with van der Waals surface area (Å²) < 4.78 is 5.83. The number of fused-ring (bicyclic) bond motifs is 1. The zero-order chi connectivity index (χ0) is 12.4. The van der Waals surface area contributed by atoms with Gasteiger partial charge in [-0.1, -0.05) is 35.9 Å². The van der Waals surface area contributed by atoms with Crippen LogP contribution in [0.1, 0.15) is 12.8 Å². The first kappa shape index (κ1) is 11.8. The first-order chi connectivity index (χ1) is 8.84. The summed E-state index contributed by atoms with van der Waals surface area (Å²) in [6.45, 7) is 1.60. The largest absolute Gasteiger partial charge is 0.492 e. The zero-order valence-electron chi connectivity index (χ0n) is 10.2. The van der Waals surface area contributed by atoms with E-state index in [1.54, 1.807) is 0 Å². The Balaban J connectivity index is 1.72. The molecule has 3 heteroatoms. The van der Waals surface area contributed by atoms with Gasteiger partial charge >= 0.3 is 0 Å². The second kappa shape index (κ2) is 5.17. The molecule has 94 valence electrons. The minimum atomic E-state index is 0.697. The maximum Gasteiger partial charge on any atom is 0.127 e. The van der Waals surface area contributed by atoms with Gasteiger partial charge in [0.25, 0.3) is 0 Å². The zero-order valence-corrected chi connectivity index (χ0v) is 10.9.